The van der Waals surface area contributed by atoms with E-state index < -0.39 is 11.6 Å². The largest absolute Gasteiger partial charge is 0.348 e. The molecule has 0 radical (unpaired) electrons. The summed E-state index contributed by atoms with van der Waals surface area (Å²) >= 11 is 0. The van der Waals surface area contributed by atoms with Crippen LogP contribution in [0.5, 0.6) is 0 Å². The molecule has 3 rings (SSSR count). The summed E-state index contributed by atoms with van der Waals surface area (Å²) in [7, 11) is 0. The molecule has 6 nitrogen and oxygen atoms in total. The van der Waals surface area contributed by atoms with Gasteiger partial charge in [-0.15, -0.1) is 0 Å². The van der Waals surface area contributed by atoms with Crippen LogP contribution in [0.3, 0.4) is 0 Å². The molecule has 0 aromatic heterocycles. The highest BCUT2D eigenvalue weighted by Gasteiger charge is 2.50. The second kappa shape index (κ2) is 4.65. The van der Waals surface area contributed by atoms with Crippen molar-refractivity contribution in [1.82, 2.24) is 0 Å². The van der Waals surface area contributed by atoms with Gasteiger partial charge in [-0.1, -0.05) is 0 Å². The van der Waals surface area contributed by atoms with E-state index in [2.05, 4.69) is 0 Å². The standard InChI is InChI=1S/C13H22O6/c1-12(2)16-5-8(18-12)10-11(15-7-14-10)9-6-17-13(3,4)19-9/h8-11H,5-7H2,1-4H3/t8?,9?,10-,11+. The molecule has 3 aliphatic rings. The van der Waals surface area contributed by atoms with Gasteiger partial charge in [-0.2, -0.15) is 0 Å². The van der Waals surface area contributed by atoms with Crippen LogP contribution in [0, 0.1) is 0 Å². The Morgan fingerprint density at radius 2 is 1.16 bits per heavy atom. The molecule has 0 aliphatic carbocycles. The van der Waals surface area contributed by atoms with Crippen molar-refractivity contribution in [2.45, 2.75) is 63.7 Å². The molecule has 4 atom stereocenters. The van der Waals surface area contributed by atoms with Gasteiger partial charge in [0, 0.05) is 0 Å². The molecule has 3 heterocycles. The summed E-state index contributed by atoms with van der Waals surface area (Å²) in [4.78, 5) is 0. The number of hydrogen-bond acceptors (Lipinski definition) is 6. The van der Waals surface area contributed by atoms with E-state index in [1.165, 1.54) is 0 Å². The molecule has 0 N–H and O–H groups in total. The van der Waals surface area contributed by atoms with Gasteiger partial charge in [-0.3, -0.25) is 0 Å². The Labute approximate surface area is 113 Å². The topological polar surface area (TPSA) is 55.4 Å². The second-order valence-corrected chi connectivity index (χ2v) is 6.11. The minimum absolute atomic E-state index is 0.130. The van der Waals surface area contributed by atoms with Gasteiger partial charge in [0.1, 0.15) is 31.2 Å². The van der Waals surface area contributed by atoms with Gasteiger partial charge in [0.2, 0.25) is 0 Å². The Balaban J connectivity index is 1.66. The normalized spacial score (nSPS) is 44.8. The van der Waals surface area contributed by atoms with Gasteiger partial charge in [-0.25, -0.2) is 0 Å². The van der Waals surface area contributed by atoms with E-state index in [4.69, 9.17) is 28.4 Å². The van der Waals surface area contributed by atoms with E-state index in [1.807, 2.05) is 27.7 Å². The molecule has 3 aliphatic heterocycles. The van der Waals surface area contributed by atoms with Crippen molar-refractivity contribution in [3.63, 3.8) is 0 Å². The van der Waals surface area contributed by atoms with Crippen LogP contribution < -0.4 is 0 Å². The lowest BCUT2D eigenvalue weighted by Crippen LogP contribution is -2.45. The van der Waals surface area contributed by atoms with Gasteiger partial charge in [0.25, 0.3) is 0 Å². The lowest BCUT2D eigenvalue weighted by molar-refractivity contribution is -0.165. The Kier molecular flexibility index (Phi) is 3.36. The molecule has 110 valence electrons. The van der Waals surface area contributed by atoms with E-state index in [-0.39, 0.29) is 31.2 Å². The van der Waals surface area contributed by atoms with Crippen LogP contribution in [0.25, 0.3) is 0 Å². The fourth-order valence-electron chi connectivity index (χ4n) is 2.78. The Morgan fingerprint density at radius 1 is 0.737 bits per heavy atom. The van der Waals surface area contributed by atoms with Crippen molar-refractivity contribution >= 4 is 0 Å². The summed E-state index contributed by atoms with van der Waals surface area (Å²) in [5, 5.41) is 0. The third-order valence-electron chi connectivity index (χ3n) is 3.64. The average Bonchev–Trinajstić information content (AvgIpc) is 2.96. The predicted molar refractivity (Wildman–Crippen MR) is 64.4 cm³/mol. The molecule has 0 bridgehead atoms. The van der Waals surface area contributed by atoms with E-state index in [0.717, 1.165) is 0 Å². The first-order valence-corrected chi connectivity index (χ1v) is 6.73. The quantitative estimate of drug-likeness (QED) is 0.749. The summed E-state index contributed by atoms with van der Waals surface area (Å²) < 4.78 is 34.2. The summed E-state index contributed by atoms with van der Waals surface area (Å²) in [6.45, 7) is 8.87. The molecule has 0 amide bonds. The van der Waals surface area contributed by atoms with E-state index in [1.54, 1.807) is 0 Å². The molecule has 6 heteroatoms. The Bertz CT molecular complexity index is 310. The highest BCUT2D eigenvalue weighted by atomic mass is 16.8. The maximum absolute atomic E-state index is 5.85. The first kappa shape index (κ1) is 13.7. The molecule has 3 saturated heterocycles. The van der Waals surface area contributed by atoms with Crippen LogP contribution >= 0.6 is 0 Å². The molecule has 0 aromatic rings. The van der Waals surface area contributed by atoms with Gasteiger partial charge in [0.05, 0.1) is 13.2 Å². The first-order valence-electron chi connectivity index (χ1n) is 6.73. The smallest absolute Gasteiger partial charge is 0.163 e. The molecule has 19 heavy (non-hydrogen) atoms. The minimum Gasteiger partial charge on any atom is -0.348 e. The van der Waals surface area contributed by atoms with Crippen LogP contribution in [0.15, 0.2) is 0 Å². The van der Waals surface area contributed by atoms with Crippen molar-refractivity contribution in [3.8, 4) is 0 Å². The van der Waals surface area contributed by atoms with Crippen LogP contribution in [-0.2, 0) is 28.4 Å². The van der Waals surface area contributed by atoms with Crippen molar-refractivity contribution in [3.05, 3.63) is 0 Å². The summed E-state index contributed by atoms with van der Waals surface area (Å²) in [6, 6.07) is 0. The minimum atomic E-state index is -0.562. The molecule has 0 spiro atoms. The van der Waals surface area contributed by atoms with Gasteiger partial charge in [0.15, 0.2) is 11.6 Å². The Hall–Kier alpha value is -0.240. The zero-order chi connectivity index (χ0) is 13.7. The zero-order valence-electron chi connectivity index (χ0n) is 11.9. The molecule has 0 aromatic carbocycles. The third-order valence-corrected chi connectivity index (χ3v) is 3.64. The Morgan fingerprint density at radius 3 is 1.47 bits per heavy atom. The molecule has 2 unspecified atom stereocenters. The maximum atomic E-state index is 5.85. The number of ether oxygens (including phenoxy) is 6. The summed E-state index contributed by atoms with van der Waals surface area (Å²) in [5.74, 6) is -1.12. The SMILES string of the molecule is CC1(C)OCC([C@H]2OCO[C@H]2C2COC(C)(C)O2)O1. The van der Waals surface area contributed by atoms with Crippen LogP contribution in [-0.4, -0.2) is 56.0 Å². The van der Waals surface area contributed by atoms with E-state index in [9.17, 15) is 0 Å². The van der Waals surface area contributed by atoms with Crippen molar-refractivity contribution in [2.24, 2.45) is 0 Å². The van der Waals surface area contributed by atoms with Crippen LogP contribution in [0.1, 0.15) is 27.7 Å². The molecular formula is C13H22O6. The lowest BCUT2D eigenvalue weighted by atomic mass is 10.0. The second-order valence-electron chi connectivity index (χ2n) is 6.11. The van der Waals surface area contributed by atoms with Gasteiger partial charge >= 0.3 is 0 Å². The van der Waals surface area contributed by atoms with Crippen LogP contribution in [0.4, 0.5) is 0 Å². The maximum Gasteiger partial charge on any atom is 0.163 e. The fourth-order valence-corrected chi connectivity index (χ4v) is 2.78. The number of rotatable bonds is 2. The van der Waals surface area contributed by atoms with Gasteiger partial charge in [-0.05, 0) is 27.7 Å². The van der Waals surface area contributed by atoms with Crippen molar-refractivity contribution in [2.75, 3.05) is 20.0 Å². The summed E-state index contributed by atoms with van der Waals surface area (Å²) in [5.41, 5.74) is 0. The third kappa shape index (κ3) is 2.79. The van der Waals surface area contributed by atoms with Crippen LogP contribution in [0.2, 0.25) is 0 Å². The molecular weight excluding hydrogens is 252 g/mol. The lowest BCUT2D eigenvalue weighted by Gasteiger charge is -2.27. The van der Waals surface area contributed by atoms with E-state index >= 15 is 0 Å². The van der Waals surface area contributed by atoms with E-state index in [0.29, 0.717) is 13.2 Å². The zero-order valence-corrected chi connectivity index (χ0v) is 11.9. The predicted octanol–water partition coefficient (Wildman–Crippen LogP) is 1.03. The first-order chi connectivity index (χ1) is 8.86. The van der Waals surface area contributed by atoms with Gasteiger partial charge < -0.3 is 28.4 Å². The fraction of sp³-hybridized carbons (Fsp3) is 1.00. The molecule has 3 fully saturated rings. The monoisotopic (exact) mass is 274 g/mol. The highest BCUT2D eigenvalue weighted by molar-refractivity contribution is 4.92. The highest BCUT2D eigenvalue weighted by Crippen LogP contribution is 2.34. The molecule has 0 saturated carbocycles. The average molecular weight is 274 g/mol. The summed E-state index contributed by atoms with van der Waals surface area (Å²) in [6.07, 6.45) is -0.613. The van der Waals surface area contributed by atoms with Crippen molar-refractivity contribution < 1.29 is 28.4 Å². The van der Waals surface area contributed by atoms with Crippen molar-refractivity contribution in [1.29, 1.82) is 0 Å². The number of hydrogen-bond donors (Lipinski definition) is 0.